The molecule has 0 aliphatic carbocycles. The van der Waals surface area contributed by atoms with Crippen LogP contribution in [0.1, 0.15) is 19.4 Å². The first-order chi connectivity index (χ1) is 7.65. The third-order valence-electron chi connectivity index (χ3n) is 2.98. The Bertz CT molecular complexity index is 344. The van der Waals surface area contributed by atoms with Gasteiger partial charge in [-0.15, -0.1) is 0 Å². The Hall–Kier alpha value is -0.380. The average molecular weight is 283 g/mol. The number of halogens is 1. The van der Waals surface area contributed by atoms with Gasteiger partial charge in [0.15, 0.2) is 0 Å². The van der Waals surface area contributed by atoms with Crippen molar-refractivity contribution >= 4 is 15.9 Å². The first-order valence-corrected chi connectivity index (χ1v) is 6.66. The number of piperazine rings is 1. The van der Waals surface area contributed by atoms with Crippen LogP contribution in [0.4, 0.5) is 0 Å². The van der Waals surface area contributed by atoms with Crippen molar-refractivity contribution in [3.05, 3.63) is 34.3 Å². The van der Waals surface area contributed by atoms with Gasteiger partial charge in [-0.3, -0.25) is 4.90 Å². The lowest BCUT2D eigenvalue weighted by atomic mass is 10.1. The standard InChI is InChI=1S/C13H19BrN2/c1-10-7-16(8-11(2)15-10)9-12-5-3-4-6-13(12)14/h3-6,10-11,15H,7-9H2,1-2H3. The summed E-state index contributed by atoms with van der Waals surface area (Å²) in [5, 5.41) is 3.56. The van der Waals surface area contributed by atoms with Crippen LogP contribution in [-0.2, 0) is 6.54 Å². The smallest absolute Gasteiger partial charge is 0.0246 e. The summed E-state index contributed by atoms with van der Waals surface area (Å²) in [5.74, 6) is 0. The van der Waals surface area contributed by atoms with Crippen LogP contribution in [0.2, 0.25) is 0 Å². The van der Waals surface area contributed by atoms with Gasteiger partial charge >= 0.3 is 0 Å². The Balaban J connectivity index is 2.02. The second-order valence-corrected chi connectivity index (χ2v) is 5.61. The highest BCUT2D eigenvalue weighted by Gasteiger charge is 2.20. The zero-order valence-corrected chi connectivity index (χ0v) is 11.5. The molecule has 1 fully saturated rings. The van der Waals surface area contributed by atoms with Gasteiger partial charge in [0.1, 0.15) is 0 Å². The number of benzene rings is 1. The van der Waals surface area contributed by atoms with E-state index in [9.17, 15) is 0 Å². The van der Waals surface area contributed by atoms with E-state index in [-0.39, 0.29) is 0 Å². The van der Waals surface area contributed by atoms with Crippen LogP contribution < -0.4 is 5.32 Å². The van der Waals surface area contributed by atoms with Crippen molar-refractivity contribution in [2.45, 2.75) is 32.5 Å². The molecular weight excluding hydrogens is 264 g/mol. The van der Waals surface area contributed by atoms with E-state index in [4.69, 9.17) is 0 Å². The molecule has 0 bridgehead atoms. The van der Waals surface area contributed by atoms with E-state index in [0.29, 0.717) is 12.1 Å². The fraction of sp³-hybridized carbons (Fsp3) is 0.538. The Labute approximate surface area is 106 Å². The molecule has 88 valence electrons. The summed E-state index contributed by atoms with van der Waals surface area (Å²) in [6.07, 6.45) is 0. The maximum atomic E-state index is 3.61. The Morgan fingerprint density at radius 1 is 1.25 bits per heavy atom. The van der Waals surface area contributed by atoms with Crippen LogP contribution in [0.15, 0.2) is 28.7 Å². The van der Waals surface area contributed by atoms with Crippen molar-refractivity contribution in [1.82, 2.24) is 10.2 Å². The molecule has 1 aliphatic rings. The SMILES string of the molecule is CC1CN(Cc2ccccc2Br)CC(C)N1. The predicted octanol–water partition coefficient (Wildman–Crippen LogP) is 2.63. The van der Waals surface area contributed by atoms with Crippen molar-refractivity contribution in [2.24, 2.45) is 0 Å². The third-order valence-corrected chi connectivity index (χ3v) is 3.76. The molecule has 3 heteroatoms. The number of nitrogens with one attached hydrogen (secondary N) is 1. The average Bonchev–Trinajstić information content (AvgIpc) is 2.20. The fourth-order valence-corrected chi connectivity index (χ4v) is 2.85. The van der Waals surface area contributed by atoms with E-state index in [1.165, 1.54) is 10.0 Å². The van der Waals surface area contributed by atoms with Crippen molar-refractivity contribution in [1.29, 1.82) is 0 Å². The molecule has 1 heterocycles. The van der Waals surface area contributed by atoms with Crippen LogP contribution in [0.25, 0.3) is 0 Å². The van der Waals surface area contributed by atoms with Gasteiger partial charge < -0.3 is 5.32 Å². The van der Waals surface area contributed by atoms with Gasteiger partial charge in [0, 0.05) is 36.2 Å². The molecule has 2 unspecified atom stereocenters. The normalized spacial score (nSPS) is 26.9. The highest BCUT2D eigenvalue weighted by Crippen LogP contribution is 2.19. The minimum atomic E-state index is 0.589. The van der Waals surface area contributed by atoms with Crippen molar-refractivity contribution in [3.8, 4) is 0 Å². The maximum Gasteiger partial charge on any atom is 0.0246 e. The summed E-state index contributed by atoms with van der Waals surface area (Å²) >= 11 is 3.61. The molecule has 0 saturated carbocycles. The summed E-state index contributed by atoms with van der Waals surface area (Å²) < 4.78 is 1.22. The van der Waals surface area contributed by atoms with Crippen LogP contribution in [0.5, 0.6) is 0 Å². The lowest BCUT2D eigenvalue weighted by molar-refractivity contribution is 0.166. The van der Waals surface area contributed by atoms with E-state index in [1.54, 1.807) is 0 Å². The molecule has 16 heavy (non-hydrogen) atoms. The molecule has 0 spiro atoms. The fourth-order valence-electron chi connectivity index (χ4n) is 2.44. The van der Waals surface area contributed by atoms with Crippen molar-refractivity contribution in [3.63, 3.8) is 0 Å². The summed E-state index contributed by atoms with van der Waals surface area (Å²) in [4.78, 5) is 2.52. The van der Waals surface area contributed by atoms with E-state index in [1.807, 2.05) is 0 Å². The van der Waals surface area contributed by atoms with E-state index in [0.717, 1.165) is 19.6 Å². The quantitative estimate of drug-likeness (QED) is 0.897. The van der Waals surface area contributed by atoms with Crippen LogP contribution >= 0.6 is 15.9 Å². The lowest BCUT2D eigenvalue weighted by Gasteiger charge is -2.36. The maximum absolute atomic E-state index is 3.61. The Morgan fingerprint density at radius 2 is 1.88 bits per heavy atom. The molecule has 2 atom stereocenters. The highest BCUT2D eigenvalue weighted by atomic mass is 79.9. The van der Waals surface area contributed by atoms with Gasteiger partial charge in [-0.1, -0.05) is 34.1 Å². The molecule has 1 saturated heterocycles. The van der Waals surface area contributed by atoms with Gasteiger partial charge in [-0.2, -0.15) is 0 Å². The van der Waals surface area contributed by atoms with Gasteiger partial charge in [0.05, 0.1) is 0 Å². The first-order valence-electron chi connectivity index (χ1n) is 5.87. The first kappa shape index (κ1) is 12.1. The third kappa shape index (κ3) is 3.06. The van der Waals surface area contributed by atoms with Crippen molar-refractivity contribution < 1.29 is 0 Å². The highest BCUT2D eigenvalue weighted by molar-refractivity contribution is 9.10. The molecular formula is C13H19BrN2. The number of hydrogen-bond donors (Lipinski definition) is 1. The summed E-state index contributed by atoms with van der Waals surface area (Å²) in [6.45, 7) is 7.81. The van der Waals surface area contributed by atoms with Crippen LogP contribution in [0.3, 0.4) is 0 Å². The van der Waals surface area contributed by atoms with Gasteiger partial charge in [-0.25, -0.2) is 0 Å². The second-order valence-electron chi connectivity index (χ2n) is 4.75. The summed E-state index contributed by atoms with van der Waals surface area (Å²) in [7, 11) is 0. The molecule has 0 amide bonds. The summed E-state index contributed by atoms with van der Waals surface area (Å²) in [6, 6.07) is 9.66. The minimum Gasteiger partial charge on any atom is -0.309 e. The van der Waals surface area contributed by atoms with Gasteiger partial charge in [0.25, 0.3) is 0 Å². The zero-order valence-electron chi connectivity index (χ0n) is 9.91. The molecule has 2 nitrogen and oxygen atoms in total. The summed E-state index contributed by atoms with van der Waals surface area (Å²) in [5.41, 5.74) is 1.38. The van der Waals surface area contributed by atoms with Gasteiger partial charge in [0.2, 0.25) is 0 Å². The van der Waals surface area contributed by atoms with E-state index >= 15 is 0 Å². The van der Waals surface area contributed by atoms with E-state index < -0.39 is 0 Å². The Kier molecular flexibility index (Phi) is 4.00. The Morgan fingerprint density at radius 3 is 2.50 bits per heavy atom. The minimum absolute atomic E-state index is 0.589. The molecule has 0 radical (unpaired) electrons. The molecule has 1 N–H and O–H groups in total. The molecule has 0 aromatic heterocycles. The second kappa shape index (κ2) is 5.30. The largest absolute Gasteiger partial charge is 0.309 e. The number of hydrogen-bond acceptors (Lipinski definition) is 2. The number of rotatable bonds is 2. The lowest BCUT2D eigenvalue weighted by Crippen LogP contribution is -2.53. The zero-order chi connectivity index (χ0) is 11.5. The van der Waals surface area contributed by atoms with E-state index in [2.05, 4.69) is 64.3 Å². The molecule has 1 aromatic carbocycles. The van der Waals surface area contributed by atoms with Gasteiger partial charge in [-0.05, 0) is 25.5 Å². The van der Waals surface area contributed by atoms with Crippen LogP contribution in [-0.4, -0.2) is 30.1 Å². The number of nitrogens with zero attached hydrogens (tertiary/aromatic N) is 1. The molecule has 1 aliphatic heterocycles. The molecule has 1 aromatic rings. The monoisotopic (exact) mass is 282 g/mol. The van der Waals surface area contributed by atoms with Crippen molar-refractivity contribution in [2.75, 3.05) is 13.1 Å². The predicted molar refractivity (Wildman–Crippen MR) is 71.5 cm³/mol. The topological polar surface area (TPSA) is 15.3 Å². The molecule has 2 rings (SSSR count). The van der Waals surface area contributed by atoms with Crippen LogP contribution in [0, 0.1) is 0 Å².